The van der Waals surface area contributed by atoms with E-state index >= 15 is 0 Å². The van der Waals surface area contributed by atoms with E-state index in [2.05, 4.69) is 25.3 Å². The van der Waals surface area contributed by atoms with Gasteiger partial charge in [0.2, 0.25) is 5.84 Å². The third-order valence-electron chi connectivity index (χ3n) is 5.81. The second-order valence-electron chi connectivity index (χ2n) is 8.37. The molecular formula is C26H23ClN7O4-. The van der Waals surface area contributed by atoms with Crippen molar-refractivity contribution in [3.8, 4) is 0 Å². The first-order valence-corrected chi connectivity index (χ1v) is 11.6. The van der Waals surface area contributed by atoms with Crippen LogP contribution in [0.4, 0.5) is 17.1 Å². The van der Waals surface area contributed by atoms with Gasteiger partial charge in [-0.05, 0) is 77.5 Å². The highest BCUT2D eigenvalue weighted by Crippen LogP contribution is 2.21. The van der Waals surface area contributed by atoms with Gasteiger partial charge in [0.25, 0.3) is 5.69 Å². The lowest BCUT2D eigenvalue weighted by Gasteiger charge is -2.16. The van der Waals surface area contributed by atoms with Crippen LogP contribution in [0.2, 0.25) is 0 Å². The number of benzene rings is 3. The first-order chi connectivity index (χ1) is 18.0. The van der Waals surface area contributed by atoms with Gasteiger partial charge in [0.1, 0.15) is 12.4 Å². The van der Waals surface area contributed by atoms with Crippen molar-refractivity contribution in [1.82, 2.24) is 5.32 Å². The van der Waals surface area contributed by atoms with Crippen molar-refractivity contribution >= 4 is 52.9 Å². The maximum atomic E-state index is 12.8. The lowest BCUT2D eigenvalue weighted by Crippen LogP contribution is -2.86. The normalized spacial score (nSPS) is 15.4. The molecule has 0 aliphatic carbocycles. The van der Waals surface area contributed by atoms with E-state index in [0.717, 1.165) is 54.6 Å². The number of aliphatic imine (C=N–C) groups is 4. The number of nitrogens with two attached hydrogens (primary N) is 1. The van der Waals surface area contributed by atoms with E-state index in [1.165, 1.54) is 6.07 Å². The summed E-state index contributed by atoms with van der Waals surface area (Å²) in [6.07, 6.45) is 0. The Morgan fingerprint density at radius 2 is 1.42 bits per heavy atom. The largest absolute Gasteiger partial charge is 0.858 e. The monoisotopic (exact) mass is 532 g/mol. The lowest BCUT2D eigenvalue weighted by atomic mass is 10.1. The summed E-state index contributed by atoms with van der Waals surface area (Å²) >= 11 is 0. The Morgan fingerprint density at radius 3 is 1.89 bits per heavy atom. The van der Waals surface area contributed by atoms with Crippen LogP contribution in [0, 0.1) is 10.1 Å². The molecule has 3 N–H and O–H groups in total. The van der Waals surface area contributed by atoms with Crippen LogP contribution in [0.5, 0.6) is 0 Å². The Bertz CT molecular complexity index is 1360. The molecule has 0 spiro atoms. The number of nitro groups is 1. The first kappa shape index (κ1) is 26.5. The van der Waals surface area contributed by atoms with Crippen LogP contribution in [0.15, 0.2) is 86.7 Å². The number of halogens is 1. The Balaban J connectivity index is 0.00000336. The number of nitrogens with zero attached hydrogens (tertiary/aromatic N) is 5. The molecule has 3 aromatic rings. The Hall–Kier alpha value is -4.61. The number of nitrogens with one attached hydrogen (secondary N) is 1. The van der Waals surface area contributed by atoms with Crippen LogP contribution in [0.1, 0.15) is 22.3 Å². The topological polar surface area (TPSA) is 167 Å². The fraction of sp³-hybridized carbons (Fsp3) is 0.154. The van der Waals surface area contributed by atoms with Gasteiger partial charge in [0, 0.05) is 24.2 Å². The zero-order chi connectivity index (χ0) is 25.8. The minimum absolute atomic E-state index is 0. The SMILES string of the molecule is Cl.O=[N+]([O-])c1cc(C([O-])=Nc2ccc(C3=NCCN3)cc2)cc(C([O-])=Nc2ccc(C3=NCC[NH2+]3)cc2)c1. The highest BCUT2D eigenvalue weighted by Gasteiger charge is 2.13. The molecule has 2 heterocycles. The molecule has 2 aliphatic rings. The van der Waals surface area contributed by atoms with Gasteiger partial charge in [0.15, 0.2) is 0 Å². The second kappa shape index (κ2) is 11.6. The Kier molecular flexibility index (Phi) is 8.09. The van der Waals surface area contributed by atoms with Crippen molar-refractivity contribution in [2.75, 3.05) is 26.2 Å². The zero-order valence-corrected chi connectivity index (χ0v) is 20.9. The van der Waals surface area contributed by atoms with Crippen molar-refractivity contribution in [2.24, 2.45) is 20.0 Å². The van der Waals surface area contributed by atoms with E-state index in [1.54, 1.807) is 36.4 Å². The fourth-order valence-corrected chi connectivity index (χ4v) is 3.98. The van der Waals surface area contributed by atoms with Crippen molar-refractivity contribution in [2.45, 2.75) is 0 Å². The molecular weight excluding hydrogens is 510 g/mol. The van der Waals surface area contributed by atoms with Crippen molar-refractivity contribution < 1.29 is 20.5 Å². The molecule has 0 fully saturated rings. The summed E-state index contributed by atoms with van der Waals surface area (Å²) in [6.45, 7) is 3.15. The van der Waals surface area contributed by atoms with E-state index in [9.17, 15) is 20.3 Å². The number of quaternary nitrogens is 1. The molecule has 0 aromatic heterocycles. The van der Waals surface area contributed by atoms with Gasteiger partial charge >= 0.3 is 0 Å². The highest BCUT2D eigenvalue weighted by atomic mass is 35.5. The summed E-state index contributed by atoms with van der Waals surface area (Å²) in [4.78, 5) is 27.7. The maximum absolute atomic E-state index is 12.8. The predicted octanol–water partition coefficient (Wildman–Crippen LogP) is 0.567. The molecule has 5 rings (SSSR count). The van der Waals surface area contributed by atoms with E-state index in [1.807, 2.05) is 17.4 Å². The quantitative estimate of drug-likeness (QED) is 0.196. The summed E-state index contributed by atoms with van der Waals surface area (Å²) in [7, 11) is 0. The van der Waals surface area contributed by atoms with Crippen LogP contribution in [-0.2, 0) is 0 Å². The van der Waals surface area contributed by atoms with Crippen LogP contribution in [0.3, 0.4) is 0 Å². The van der Waals surface area contributed by atoms with Gasteiger partial charge in [-0.3, -0.25) is 30.4 Å². The molecule has 12 heteroatoms. The molecule has 2 aliphatic heterocycles. The van der Waals surface area contributed by atoms with Gasteiger partial charge in [-0.15, -0.1) is 12.4 Å². The fourth-order valence-electron chi connectivity index (χ4n) is 3.98. The first-order valence-electron chi connectivity index (χ1n) is 11.6. The van der Waals surface area contributed by atoms with Crippen molar-refractivity contribution in [3.63, 3.8) is 0 Å². The molecule has 0 saturated heterocycles. The summed E-state index contributed by atoms with van der Waals surface area (Å²) in [5.74, 6) is 0.273. The van der Waals surface area contributed by atoms with Gasteiger partial charge in [-0.2, -0.15) is 0 Å². The average molecular weight is 533 g/mol. The predicted molar refractivity (Wildman–Crippen MR) is 143 cm³/mol. The van der Waals surface area contributed by atoms with Gasteiger partial charge in [-0.25, -0.2) is 4.99 Å². The van der Waals surface area contributed by atoms with Crippen LogP contribution < -0.4 is 20.8 Å². The van der Waals surface area contributed by atoms with E-state index in [0.29, 0.717) is 17.9 Å². The molecule has 0 unspecified atom stereocenters. The van der Waals surface area contributed by atoms with E-state index < -0.39 is 22.4 Å². The number of hydrogen-bond donors (Lipinski definition) is 2. The van der Waals surface area contributed by atoms with Crippen LogP contribution >= 0.6 is 12.4 Å². The zero-order valence-electron chi connectivity index (χ0n) is 20.0. The van der Waals surface area contributed by atoms with E-state index in [4.69, 9.17) is 0 Å². The van der Waals surface area contributed by atoms with Gasteiger partial charge in [0.05, 0.1) is 35.0 Å². The summed E-state index contributed by atoms with van der Waals surface area (Å²) in [6, 6.07) is 17.3. The molecule has 0 radical (unpaired) electrons. The van der Waals surface area contributed by atoms with Crippen molar-refractivity contribution in [1.29, 1.82) is 0 Å². The molecule has 38 heavy (non-hydrogen) atoms. The number of non-ortho nitro benzene ring substituents is 1. The molecule has 0 saturated carbocycles. The molecule has 194 valence electrons. The summed E-state index contributed by atoms with van der Waals surface area (Å²) in [5, 5.41) is 42.4. The third-order valence-corrected chi connectivity index (χ3v) is 5.81. The standard InChI is InChI=1S/C26H23N7O4.ClH/c34-25(31-20-5-1-16(2-6-20)23-27-9-10-28-23)18-13-19(15-22(14-18)33(36)37)26(35)32-21-7-3-17(4-8-21)24-29-11-12-30-24;/h1-8,13-15H,9-12H2,(H,27,28)(H,29,30)(H,31,34)(H,32,35);1H/p-1. The smallest absolute Gasteiger partial charge is 0.270 e. The van der Waals surface area contributed by atoms with Crippen molar-refractivity contribution in [3.05, 3.63) is 99.1 Å². The molecule has 0 atom stereocenters. The molecule has 0 bridgehead atoms. The number of nitro benzene ring substituents is 1. The minimum Gasteiger partial charge on any atom is -0.858 e. The Morgan fingerprint density at radius 1 is 0.842 bits per heavy atom. The van der Waals surface area contributed by atoms with Gasteiger partial charge < -0.3 is 15.5 Å². The minimum atomic E-state index is -0.709. The number of amidine groups is 2. The van der Waals surface area contributed by atoms with E-state index in [-0.39, 0.29) is 23.5 Å². The van der Waals surface area contributed by atoms with Crippen LogP contribution in [0.25, 0.3) is 0 Å². The Labute approximate surface area is 224 Å². The summed E-state index contributed by atoms with van der Waals surface area (Å²) < 4.78 is 0. The van der Waals surface area contributed by atoms with Crippen LogP contribution in [-0.4, -0.2) is 54.6 Å². The molecule has 0 amide bonds. The van der Waals surface area contributed by atoms with Gasteiger partial charge in [-0.1, -0.05) is 0 Å². The molecule has 3 aromatic carbocycles. The maximum Gasteiger partial charge on any atom is 0.270 e. The number of rotatable bonds is 7. The average Bonchev–Trinajstić information content (AvgIpc) is 3.64. The lowest BCUT2D eigenvalue weighted by molar-refractivity contribution is -0.526. The molecule has 11 nitrogen and oxygen atoms in total. The highest BCUT2D eigenvalue weighted by molar-refractivity contribution is 6.01. The number of hydrogen-bond acceptors (Lipinski definition) is 9. The summed E-state index contributed by atoms with van der Waals surface area (Å²) in [5.41, 5.74) is 2.00. The third kappa shape index (κ3) is 6.02. The second-order valence-corrected chi connectivity index (χ2v) is 8.37.